The SMILES string of the molecule is Cc1nc(N(C)CCCN(C)C)ccc1CCl. The molecular formula is C13H22ClN3. The number of anilines is 1. The van der Waals surface area contributed by atoms with Gasteiger partial charge in [0.05, 0.1) is 0 Å². The van der Waals surface area contributed by atoms with Crippen molar-refractivity contribution in [2.24, 2.45) is 0 Å². The van der Waals surface area contributed by atoms with Gasteiger partial charge in [-0.25, -0.2) is 4.98 Å². The number of halogens is 1. The van der Waals surface area contributed by atoms with Gasteiger partial charge in [-0.05, 0) is 45.6 Å². The Bertz CT molecular complexity index is 353. The van der Waals surface area contributed by atoms with Gasteiger partial charge in [0.2, 0.25) is 0 Å². The number of alkyl halides is 1. The van der Waals surface area contributed by atoms with E-state index < -0.39 is 0 Å². The minimum atomic E-state index is 0.531. The van der Waals surface area contributed by atoms with Crippen LogP contribution in [0.15, 0.2) is 12.1 Å². The second-order valence-corrected chi connectivity index (χ2v) is 4.89. The maximum absolute atomic E-state index is 5.82. The van der Waals surface area contributed by atoms with E-state index >= 15 is 0 Å². The zero-order valence-electron chi connectivity index (χ0n) is 11.2. The number of hydrogen-bond donors (Lipinski definition) is 0. The van der Waals surface area contributed by atoms with Gasteiger partial charge in [0, 0.05) is 25.2 Å². The maximum atomic E-state index is 5.82. The first kappa shape index (κ1) is 14.3. The summed E-state index contributed by atoms with van der Waals surface area (Å²) in [7, 11) is 6.27. The van der Waals surface area contributed by atoms with Gasteiger partial charge in [0.1, 0.15) is 5.82 Å². The number of hydrogen-bond acceptors (Lipinski definition) is 3. The molecule has 3 nitrogen and oxygen atoms in total. The molecule has 0 aliphatic rings. The Morgan fingerprint density at radius 2 is 1.88 bits per heavy atom. The van der Waals surface area contributed by atoms with Crippen LogP contribution in [-0.2, 0) is 5.88 Å². The molecule has 17 heavy (non-hydrogen) atoms. The van der Waals surface area contributed by atoms with Gasteiger partial charge in [-0.2, -0.15) is 0 Å². The van der Waals surface area contributed by atoms with Crippen molar-refractivity contribution >= 4 is 17.4 Å². The third kappa shape index (κ3) is 4.52. The quantitative estimate of drug-likeness (QED) is 0.729. The smallest absolute Gasteiger partial charge is 0.128 e. The average molecular weight is 256 g/mol. The minimum Gasteiger partial charge on any atom is -0.360 e. The highest BCUT2D eigenvalue weighted by Gasteiger charge is 2.05. The van der Waals surface area contributed by atoms with Crippen molar-refractivity contribution in [3.05, 3.63) is 23.4 Å². The predicted molar refractivity (Wildman–Crippen MR) is 75.0 cm³/mol. The van der Waals surface area contributed by atoms with E-state index in [9.17, 15) is 0 Å². The first-order chi connectivity index (χ1) is 8.04. The van der Waals surface area contributed by atoms with Crippen LogP contribution in [0.5, 0.6) is 0 Å². The van der Waals surface area contributed by atoms with Gasteiger partial charge in [0.25, 0.3) is 0 Å². The molecule has 0 aliphatic carbocycles. The molecule has 4 heteroatoms. The van der Waals surface area contributed by atoms with E-state index in [1.54, 1.807) is 0 Å². The standard InChI is InChI=1S/C13H22ClN3/c1-11-12(10-14)6-7-13(15-11)17(4)9-5-8-16(2)3/h6-7H,5,8-10H2,1-4H3. The molecule has 0 saturated carbocycles. The molecule has 0 saturated heterocycles. The molecule has 0 unspecified atom stereocenters. The number of aryl methyl sites for hydroxylation is 1. The van der Waals surface area contributed by atoms with Gasteiger partial charge in [-0.1, -0.05) is 6.07 Å². The normalized spacial score (nSPS) is 10.9. The fourth-order valence-electron chi connectivity index (χ4n) is 1.67. The molecule has 0 amide bonds. The summed E-state index contributed by atoms with van der Waals surface area (Å²) in [6, 6.07) is 4.10. The van der Waals surface area contributed by atoms with Crippen molar-refractivity contribution in [1.82, 2.24) is 9.88 Å². The topological polar surface area (TPSA) is 19.4 Å². The molecule has 1 aromatic rings. The van der Waals surface area contributed by atoms with Crippen molar-refractivity contribution in [2.45, 2.75) is 19.2 Å². The highest BCUT2D eigenvalue weighted by atomic mass is 35.5. The summed E-state index contributed by atoms with van der Waals surface area (Å²) in [6.45, 7) is 4.13. The number of nitrogens with zero attached hydrogens (tertiary/aromatic N) is 3. The summed E-state index contributed by atoms with van der Waals surface area (Å²) in [4.78, 5) is 8.96. The third-order valence-corrected chi connectivity index (χ3v) is 3.10. The molecular weight excluding hydrogens is 234 g/mol. The highest BCUT2D eigenvalue weighted by Crippen LogP contribution is 2.15. The molecule has 96 valence electrons. The van der Waals surface area contributed by atoms with Crippen molar-refractivity contribution < 1.29 is 0 Å². The Labute approximate surface area is 109 Å². The summed E-state index contributed by atoms with van der Waals surface area (Å²) in [6.07, 6.45) is 1.14. The zero-order valence-corrected chi connectivity index (χ0v) is 12.0. The van der Waals surface area contributed by atoms with Crippen molar-refractivity contribution in [3.63, 3.8) is 0 Å². The Balaban J connectivity index is 2.57. The van der Waals surface area contributed by atoms with E-state index in [-0.39, 0.29) is 0 Å². The Kier molecular flexibility index (Phi) is 5.72. The second-order valence-electron chi connectivity index (χ2n) is 4.63. The van der Waals surface area contributed by atoms with Crippen LogP contribution in [0.2, 0.25) is 0 Å². The monoisotopic (exact) mass is 255 g/mol. The van der Waals surface area contributed by atoms with Crippen LogP contribution in [0.1, 0.15) is 17.7 Å². The fourth-order valence-corrected chi connectivity index (χ4v) is 1.95. The van der Waals surface area contributed by atoms with Crippen LogP contribution < -0.4 is 4.90 Å². The highest BCUT2D eigenvalue weighted by molar-refractivity contribution is 6.17. The molecule has 0 atom stereocenters. The van der Waals surface area contributed by atoms with E-state index in [1.807, 2.05) is 13.0 Å². The summed E-state index contributed by atoms with van der Waals surface area (Å²) in [5, 5.41) is 0. The average Bonchev–Trinajstić information content (AvgIpc) is 2.28. The van der Waals surface area contributed by atoms with Crippen LogP contribution in [0.4, 0.5) is 5.82 Å². The van der Waals surface area contributed by atoms with Gasteiger partial charge >= 0.3 is 0 Å². The van der Waals surface area contributed by atoms with Crippen LogP contribution in [0.25, 0.3) is 0 Å². The summed E-state index contributed by atoms with van der Waals surface area (Å²) in [5.74, 6) is 1.55. The molecule has 0 spiro atoms. The summed E-state index contributed by atoms with van der Waals surface area (Å²) in [5.41, 5.74) is 2.13. The molecule has 1 heterocycles. The van der Waals surface area contributed by atoms with Crippen LogP contribution in [-0.4, -0.2) is 44.1 Å². The van der Waals surface area contributed by atoms with Gasteiger partial charge < -0.3 is 9.80 Å². The molecule has 1 rings (SSSR count). The first-order valence-corrected chi connectivity index (χ1v) is 6.46. The molecule has 0 bridgehead atoms. The number of aromatic nitrogens is 1. The predicted octanol–water partition coefficient (Wildman–Crippen LogP) is 2.52. The lowest BCUT2D eigenvalue weighted by Crippen LogP contribution is -2.24. The molecule has 0 fully saturated rings. The second kappa shape index (κ2) is 6.82. The Hall–Kier alpha value is -0.800. The van der Waals surface area contributed by atoms with Crippen LogP contribution >= 0.6 is 11.6 Å². The van der Waals surface area contributed by atoms with Gasteiger partial charge in [0.15, 0.2) is 0 Å². The molecule has 1 aromatic heterocycles. The Morgan fingerprint density at radius 1 is 1.18 bits per heavy atom. The molecule has 0 N–H and O–H groups in total. The van der Waals surface area contributed by atoms with Crippen LogP contribution in [0.3, 0.4) is 0 Å². The lowest BCUT2D eigenvalue weighted by Gasteiger charge is -2.20. The number of rotatable bonds is 6. The third-order valence-electron chi connectivity index (χ3n) is 2.81. The minimum absolute atomic E-state index is 0.531. The maximum Gasteiger partial charge on any atom is 0.128 e. The van der Waals surface area contributed by atoms with Crippen molar-refractivity contribution in [3.8, 4) is 0 Å². The van der Waals surface area contributed by atoms with Crippen LogP contribution in [0, 0.1) is 6.92 Å². The van der Waals surface area contributed by atoms with E-state index in [0.29, 0.717) is 5.88 Å². The van der Waals surface area contributed by atoms with Crippen molar-refractivity contribution in [1.29, 1.82) is 0 Å². The summed E-state index contributed by atoms with van der Waals surface area (Å²) < 4.78 is 0. The first-order valence-electron chi connectivity index (χ1n) is 5.93. The van der Waals surface area contributed by atoms with E-state index in [1.165, 1.54) is 0 Å². The zero-order chi connectivity index (χ0) is 12.8. The summed E-state index contributed by atoms with van der Waals surface area (Å²) >= 11 is 5.82. The van der Waals surface area contributed by atoms with Gasteiger partial charge in [-0.3, -0.25) is 0 Å². The van der Waals surface area contributed by atoms with E-state index in [4.69, 9.17) is 11.6 Å². The molecule has 0 aliphatic heterocycles. The molecule has 0 aromatic carbocycles. The fraction of sp³-hybridized carbons (Fsp3) is 0.615. The van der Waals surface area contributed by atoms with Gasteiger partial charge in [-0.15, -0.1) is 11.6 Å². The van der Waals surface area contributed by atoms with E-state index in [2.05, 4.69) is 42.0 Å². The number of pyridine rings is 1. The molecule has 0 radical (unpaired) electrons. The largest absolute Gasteiger partial charge is 0.360 e. The lowest BCUT2D eigenvalue weighted by atomic mass is 10.2. The lowest BCUT2D eigenvalue weighted by molar-refractivity contribution is 0.401. The Morgan fingerprint density at radius 3 is 2.41 bits per heavy atom. The van der Waals surface area contributed by atoms with Crippen molar-refractivity contribution in [2.75, 3.05) is 39.1 Å². The van der Waals surface area contributed by atoms with E-state index in [0.717, 1.165) is 36.6 Å².